The van der Waals surface area contributed by atoms with E-state index in [1.807, 2.05) is 0 Å². The third-order valence-electron chi connectivity index (χ3n) is 4.50. The average molecular weight is 304 g/mol. The van der Waals surface area contributed by atoms with E-state index in [4.69, 9.17) is 0 Å². The Bertz CT molecular complexity index is 809. The SMILES string of the molecule is Cc1cc(C)c(-[n+]2ccccc2C)c(C)c1-[n+]1ccccc1C. The third-order valence-corrected chi connectivity index (χ3v) is 4.50. The first-order valence-electron chi connectivity index (χ1n) is 8.07. The van der Waals surface area contributed by atoms with E-state index < -0.39 is 0 Å². The van der Waals surface area contributed by atoms with Crippen molar-refractivity contribution in [3.63, 3.8) is 0 Å². The van der Waals surface area contributed by atoms with Crippen LogP contribution in [0.2, 0.25) is 0 Å². The monoisotopic (exact) mass is 304 g/mol. The second-order valence-corrected chi connectivity index (χ2v) is 6.26. The van der Waals surface area contributed by atoms with Gasteiger partial charge in [0.25, 0.3) is 0 Å². The molecule has 0 aliphatic heterocycles. The van der Waals surface area contributed by atoms with Gasteiger partial charge in [0.15, 0.2) is 23.8 Å². The molecule has 2 heteroatoms. The van der Waals surface area contributed by atoms with E-state index in [1.54, 1.807) is 0 Å². The molecule has 0 saturated carbocycles. The third kappa shape index (κ3) is 2.65. The predicted octanol–water partition coefficient (Wildman–Crippen LogP) is 3.78. The number of aryl methyl sites for hydroxylation is 4. The van der Waals surface area contributed by atoms with Crippen molar-refractivity contribution >= 4 is 0 Å². The number of hydrogen-bond acceptors (Lipinski definition) is 0. The largest absolute Gasteiger partial charge is 0.223 e. The van der Waals surface area contributed by atoms with Gasteiger partial charge < -0.3 is 0 Å². The van der Waals surface area contributed by atoms with E-state index in [1.165, 1.54) is 39.5 Å². The summed E-state index contributed by atoms with van der Waals surface area (Å²) in [6.07, 6.45) is 4.29. The molecule has 2 nitrogen and oxygen atoms in total. The zero-order valence-corrected chi connectivity index (χ0v) is 14.6. The zero-order valence-electron chi connectivity index (χ0n) is 14.6. The highest BCUT2D eigenvalue weighted by molar-refractivity contribution is 5.53. The first-order chi connectivity index (χ1) is 11.0. The van der Waals surface area contributed by atoms with Gasteiger partial charge in [-0.05, 0) is 26.8 Å². The summed E-state index contributed by atoms with van der Waals surface area (Å²) in [6.45, 7) is 10.9. The van der Waals surface area contributed by atoms with E-state index in [0.29, 0.717) is 0 Å². The fourth-order valence-corrected chi connectivity index (χ4v) is 3.47. The molecule has 1 aromatic carbocycles. The standard InChI is InChI=1S/C21H24N2/c1-15-14-16(2)21(23-13-9-7-11-18(23)4)19(5)20(15)22-12-8-6-10-17(22)3/h6-14H,1-5H3/q+2. The van der Waals surface area contributed by atoms with Crippen molar-refractivity contribution in [1.82, 2.24) is 0 Å². The van der Waals surface area contributed by atoms with E-state index in [2.05, 4.69) is 98.6 Å². The number of aromatic nitrogens is 2. The summed E-state index contributed by atoms with van der Waals surface area (Å²) in [4.78, 5) is 0. The molecule has 23 heavy (non-hydrogen) atoms. The van der Waals surface area contributed by atoms with Crippen LogP contribution < -0.4 is 9.13 Å². The Morgan fingerprint density at radius 2 is 1.04 bits per heavy atom. The van der Waals surface area contributed by atoms with E-state index >= 15 is 0 Å². The van der Waals surface area contributed by atoms with Crippen molar-refractivity contribution in [2.24, 2.45) is 0 Å². The van der Waals surface area contributed by atoms with Crippen LogP contribution in [0.1, 0.15) is 28.1 Å². The Balaban J connectivity index is 2.35. The molecular weight excluding hydrogens is 280 g/mol. The molecule has 0 aliphatic rings. The van der Waals surface area contributed by atoms with Crippen LogP contribution in [0.5, 0.6) is 0 Å². The maximum atomic E-state index is 2.29. The van der Waals surface area contributed by atoms with Crippen molar-refractivity contribution in [2.45, 2.75) is 34.6 Å². The van der Waals surface area contributed by atoms with E-state index in [9.17, 15) is 0 Å². The molecule has 0 unspecified atom stereocenters. The highest BCUT2D eigenvalue weighted by Gasteiger charge is 2.26. The van der Waals surface area contributed by atoms with Gasteiger partial charge in [-0.3, -0.25) is 0 Å². The molecule has 0 fully saturated rings. The van der Waals surface area contributed by atoms with Gasteiger partial charge in [-0.15, -0.1) is 0 Å². The van der Waals surface area contributed by atoms with Gasteiger partial charge in [-0.25, -0.2) is 0 Å². The normalized spacial score (nSPS) is 10.8. The van der Waals surface area contributed by atoms with Crippen molar-refractivity contribution in [2.75, 3.05) is 0 Å². The average Bonchev–Trinajstić information content (AvgIpc) is 2.50. The lowest BCUT2D eigenvalue weighted by Gasteiger charge is -2.11. The van der Waals surface area contributed by atoms with Crippen LogP contribution in [0.3, 0.4) is 0 Å². The predicted molar refractivity (Wildman–Crippen MR) is 93.2 cm³/mol. The summed E-state index contributed by atoms with van der Waals surface area (Å²) in [7, 11) is 0. The Kier molecular flexibility index (Phi) is 3.99. The van der Waals surface area contributed by atoms with Gasteiger partial charge in [0.05, 0.1) is 5.56 Å². The van der Waals surface area contributed by atoms with Gasteiger partial charge in [0.1, 0.15) is 0 Å². The number of rotatable bonds is 2. The molecule has 0 saturated heterocycles. The molecule has 0 amide bonds. The Hall–Kier alpha value is -2.48. The maximum Gasteiger partial charge on any atom is 0.223 e. The summed E-state index contributed by atoms with van der Waals surface area (Å²) in [6, 6.07) is 14.9. The van der Waals surface area contributed by atoms with Gasteiger partial charge in [0, 0.05) is 49.2 Å². The highest BCUT2D eigenvalue weighted by atomic mass is 15.0. The fourth-order valence-electron chi connectivity index (χ4n) is 3.47. The van der Waals surface area contributed by atoms with Gasteiger partial charge in [-0.1, -0.05) is 12.1 Å². The van der Waals surface area contributed by atoms with Gasteiger partial charge >= 0.3 is 0 Å². The molecule has 0 spiro atoms. The van der Waals surface area contributed by atoms with Crippen LogP contribution in [0.4, 0.5) is 0 Å². The quantitative estimate of drug-likeness (QED) is 0.637. The lowest BCUT2D eigenvalue weighted by atomic mass is 10.0. The summed E-state index contributed by atoms with van der Waals surface area (Å²) in [5, 5.41) is 0. The van der Waals surface area contributed by atoms with Crippen molar-refractivity contribution < 1.29 is 9.13 Å². The zero-order chi connectivity index (χ0) is 16.6. The molecule has 0 N–H and O–H groups in total. The number of hydrogen-bond donors (Lipinski definition) is 0. The lowest BCUT2D eigenvalue weighted by Crippen LogP contribution is -2.40. The summed E-state index contributed by atoms with van der Waals surface area (Å²) in [5.41, 5.74) is 8.95. The van der Waals surface area contributed by atoms with Crippen molar-refractivity contribution in [1.29, 1.82) is 0 Å². The summed E-state index contributed by atoms with van der Waals surface area (Å²) in [5.74, 6) is 0. The molecule has 0 aliphatic carbocycles. The van der Waals surface area contributed by atoms with Crippen LogP contribution in [0.15, 0.2) is 54.9 Å². The lowest BCUT2D eigenvalue weighted by molar-refractivity contribution is -0.612. The smallest absolute Gasteiger partial charge is 0.164 e. The molecule has 0 bridgehead atoms. The molecule has 2 aromatic heterocycles. The Morgan fingerprint density at radius 3 is 1.43 bits per heavy atom. The van der Waals surface area contributed by atoms with Crippen LogP contribution in [-0.2, 0) is 0 Å². The molecule has 116 valence electrons. The van der Waals surface area contributed by atoms with Crippen LogP contribution in [-0.4, -0.2) is 0 Å². The number of nitrogens with zero attached hydrogens (tertiary/aromatic N) is 2. The summed E-state index contributed by atoms with van der Waals surface area (Å²) >= 11 is 0. The molecule has 2 heterocycles. The van der Waals surface area contributed by atoms with Crippen LogP contribution in [0.25, 0.3) is 11.4 Å². The minimum absolute atomic E-state index is 1.24. The molecule has 0 radical (unpaired) electrons. The Morgan fingerprint density at radius 1 is 0.609 bits per heavy atom. The van der Waals surface area contributed by atoms with Crippen molar-refractivity contribution in [3.05, 3.63) is 82.9 Å². The number of benzene rings is 1. The molecule has 0 atom stereocenters. The minimum Gasteiger partial charge on any atom is -0.164 e. The van der Waals surface area contributed by atoms with E-state index in [0.717, 1.165) is 0 Å². The second kappa shape index (κ2) is 5.96. The second-order valence-electron chi connectivity index (χ2n) is 6.26. The number of pyridine rings is 2. The molecular formula is C21H24N2+2. The van der Waals surface area contributed by atoms with E-state index in [-0.39, 0.29) is 0 Å². The Labute approximate surface area is 138 Å². The van der Waals surface area contributed by atoms with Crippen LogP contribution >= 0.6 is 0 Å². The molecule has 3 aromatic rings. The first kappa shape index (κ1) is 15.4. The van der Waals surface area contributed by atoms with Gasteiger partial charge in [0.2, 0.25) is 11.4 Å². The highest BCUT2D eigenvalue weighted by Crippen LogP contribution is 2.23. The fraction of sp³-hybridized carbons (Fsp3) is 0.238. The van der Waals surface area contributed by atoms with Crippen molar-refractivity contribution in [3.8, 4) is 11.4 Å². The van der Waals surface area contributed by atoms with Gasteiger partial charge in [-0.2, -0.15) is 9.13 Å². The molecule has 3 rings (SSSR count). The topological polar surface area (TPSA) is 7.76 Å². The minimum atomic E-state index is 1.24. The maximum absolute atomic E-state index is 2.29. The first-order valence-corrected chi connectivity index (χ1v) is 8.07. The summed E-state index contributed by atoms with van der Waals surface area (Å²) < 4.78 is 4.57. The van der Waals surface area contributed by atoms with Crippen LogP contribution in [0, 0.1) is 34.6 Å².